The topological polar surface area (TPSA) is 61.9 Å². The molecule has 0 bridgehead atoms. The van der Waals surface area contributed by atoms with Gasteiger partial charge in [-0.15, -0.1) is 11.3 Å². The van der Waals surface area contributed by atoms with Crippen LogP contribution in [0.2, 0.25) is 0 Å². The maximum absolute atomic E-state index is 13.7. The van der Waals surface area contributed by atoms with Crippen LogP contribution in [-0.2, 0) is 6.54 Å². The highest BCUT2D eigenvalue weighted by molar-refractivity contribution is 7.22. The van der Waals surface area contributed by atoms with Crippen LogP contribution in [0.25, 0.3) is 31.7 Å². The zero-order valence-corrected chi connectivity index (χ0v) is 17.1. The highest BCUT2D eigenvalue weighted by Crippen LogP contribution is 2.32. The van der Waals surface area contributed by atoms with Gasteiger partial charge in [-0.1, -0.05) is 12.1 Å². The Kier molecular flexibility index (Phi) is 4.74. The number of alkyl halides is 2. The van der Waals surface area contributed by atoms with E-state index in [1.54, 1.807) is 31.4 Å². The number of benzene rings is 2. The lowest BCUT2D eigenvalue weighted by Crippen LogP contribution is -2.22. The number of fused-ring (bicyclic) bond motifs is 2. The Morgan fingerprint density at radius 3 is 2.61 bits per heavy atom. The summed E-state index contributed by atoms with van der Waals surface area (Å²) in [5.74, 6) is 0.846. The van der Waals surface area contributed by atoms with E-state index >= 15 is 0 Å². The van der Waals surface area contributed by atoms with Crippen molar-refractivity contribution in [2.75, 3.05) is 7.11 Å². The summed E-state index contributed by atoms with van der Waals surface area (Å²) in [6, 6.07) is 16.0. The molecule has 31 heavy (non-hydrogen) atoms. The number of hydrogen-bond donors (Lipinski definition) is 0. The van der Waals surface area contributed by atoms with E-state index in [1.807, 2.05) is 30.3 Å². The third kappa shape index (κ3) is 3.36. The van der Waals surface area contributed by atoms with Crippen molar-refractivity contribution in [3.8, 4) is 16.2 Å². The second-order valence-electron chi connectivity index (χ2n) is 6.90. The van der Waals surface area contributed by atoms with Crippen LogP contribution in [0.5, 0.6) is 5.75 Å². The Bertz CT molecular complexity index is 1450. The van der Waals surface area contributed by atoms with Crippen molar-refractivity contribution in [3.63, 3.8) is 0 Å². The first-order valence-electron chi connectivity index (χ1n) is 9.42. The molecule has 9 heteroatoms. The van der Waals surface area contributed by atoms with E-state index < -0.39 is 6.55 Å². The molecule has 0 saturated carbocycles. The van der Waals surface area contributed by atoms with E-state index in [1.165, 1.54) is 22.2 Å². The van der Waals surface area contributed by atoms with Gasteiger partial charge in [-0.2, -0.15) is 8.78 Å². The fourth-order valence-electron chi connectivity index (χ4n) is 3.53. The molecule has 0 saturated heterocycles. The Labute approximate surface area is 179 Å². The molecule has 0 amide bonds. The quantitative estimate of drug-likeness (QED) is 0.391. The highest BCUT2D eigenvalue weighted by Gasteiger charge is 2.19. The first kappa shape index (κ1) is 19.4. The number of para-hydroxylation sites is 2. The van der Waals surface area contributed by atoms with Gasteiger partial charge in [0.15, 0.2) is 0 Å². The summed E-state index contributed by atoms with van der Waals surface area (Å²) >= 11 is 1.32. The van der Waals surface area contributed by atoms with Crippen molar-refractivity contribution >= 4 is 32.6 Å². The summed E-state index contributed by atoms with van der Waals surface area (Å²) in [5, 5.41) is 0. The maximum atomic E-state index is 13.7. The minimum Gasteiger partial charge on any atom is -0.497 e. The van der Waals surface area contributed by atoms with Gasteiger partial charge < -0.3 is 4.74 Å². The summed E-state index contributed by atoms with van der Waals surface area (Å²) in [6.45, 7) is -2.87. The first-order valence-corrected chi connectivity index (χ1v) is 10.2. The molecular weight excluding hydrogens is 422 g/mol. The molecule has 2 aromatic carbocycles. The molecule has 3 aromatic heterocycles. The average Bonchev–Trinajstić information content (AvgIpc) is 3.37. The number of nitrogens with zero attached hydrogens (tertiary/aromatic N) is 4. The van der Waals surface area contributed by atoms with Crippen molar-refractivity contribution in [1.29, 1.82) is 0 Å². The number of aromatic nitrogens is 4. The molecule has 6 nitrogen and oxygen atoms in total. The molecule has 0 radical (unpaired) electrons. The minimum absolute atomic E-state index is 0.101. The predicted octanol–water partition coefficient (Wildman–Crippen LogP) is 4.93. The van der Waals surface area contributed by atoms with Gasteiger partial charge in [0, 0.05) is 4.88 Å². The number of ether oxygens (including phenoxy) is 1. The molecule has 0 spiro atoms. The third-order valence-corrected chi connectivity index (χ3v) is 6.22. The fraction of sp³-hybridized carbons (Fsp3) is 0.136. The van der Waals surface area contributed by atoms with Crippen molar-refractivity contribution in [3.05, 3.63) is 77.1 Å². The van der Waals surface area contributed by atoms with Crippen LogP contribution in [0.15, 0.2) is 65.7 Å². The largest absolute Gasteiger partial charge is 0.497 e. The van der Waals surface area contributed by atoms with Gasteiger partial charge in [0.25, 0.3) is 5.56 Å². The Balaban J connectivity index is 1.56. The second kappa shape index (κ2) is 7.59. The van der Waals surface area contributed by atoms with Crippen LogP contribution in [0.1, 0.15) is 12.4 Å². The zero-order valence-electron chi connectivity index (χ0n) is 16.3. The predicted molar refractivity (Wildman–Crippen MR) is 116 cm³/mol. The molecule has 0 N–H and O–H groups in total. The minimum atomic E-state index is -2.77. The molecule has 0 aliphatic rings. The van der Waals surface area contributed by atoms with Gasteiger partial charge in [-0.25, -0.2) is 9.97 Å². The van der Waals surface area contributed by atoms with E-state index in [-0.39, 0.29) is 17.9 Å². The number of imidazole rings is 1. The van der Waals surface area contributed by atoms with Gasteiger partial charge in [-0.3, -0.25) is 13.9 Å². The van der Waals surface area contributed by atoms with Crippen molar-refractivity contribution in [1.82, 2.24) is 19.1 Å². The first-order chi connectivity index (χ1) is 15.0. The molecular formula is C22H16F2N4O2S. The fourth-order valence-corrected chi connectivity index (χ4v) is 4.60. The number of halogens is 2. The van der Waals surface area contributed by atoms with Gasteiger partial charge in [0.2, 0.25) is 0 Å². The van der Waals surface area contributed by atoms with Crippen LogP contribution in [-0.4, -0.2) is 26.2 Å². The second-order valence-corrected chi connectivity index (χ2v) is 7.95. The van der Waals surface area contributed by atoms with Gasteiger partial charge in [0.1, 0.15) is 16.3 Å². The Morgan fingerprint density at radius 1 is 1.10 bits per heavy atom. The maximum Gasteiger partial charge on any atom is 0.320 e. The van der Waals surface area contributed by atoms with Crippen molar-refractivity contribution < 1.29 is 13.5 Å². The molecule has 0 fully saturated rings. The summed E-state index contributed by atoms with van der Waals surface area (Å²) in [4.78, 5) is 22.6. The van der Waals surface area contributed by atoms with Crippen LogP contribution in [0, 0.1) is 0 Å². The van der Waals surface area contributed by atoms with Gasteiger partial charge >= 0.3 is 6.55 Å². The van der Waals surface area contributed by atoms with Crippen LogP contribution in [0.4, 0.5) is 8.78 Å². The van der Waals surface area contributed by atoms with Crippen LogP contribution >= 0.6 is 11.3 Å². The molecule has 0 aliphatic carbocycles. The lowest BCUT2D eigenvalue weighted by Gasteiger charge is -2.09. The zero-order chi connectivity index (χ0) is 21.5. The number of methoxy groups -OCH3 is 1. The highest BCUT2D eigenvalue weighted by atomic mass is 32.1. The standard InChI is InChI=1S/C22H16F2N4O2S/c1-30-14-8-6-13(7-9-14)18-10-16-20(31-18)21(29)27(12-25-16)11-19-26-15-4-2-3-5-17(15)28(19)22(23)24/h2-10,12,22H,11H2,1H3. The molecule has 3 heterocycles. The van der Waals surface area contributed by atoms with Crippen molar-refractivity contribution in [2.45, 2.75) is 13.1 Å². The molecule has 0 atom stereocenters. The van der Waals surface area contributed by atoms with E-state index in [4.69, 9.17) is 4.74 Å². The van der Waals surface area contributed by atoms with Gasteiger partial charge in [-0.05, 0) is 48.0 Å². The summed E-state index contributed by atoms with van der Waals surface area (Å²) in [7, 11) is 1.60. The number of rotatable bonds is 5. The van der Waals surface area contributed by atoms with Crippen molar-refractivity contribution in [2.24, 2.45) is 0 Å². The smallest absolute Gasteiger partial charge is 0.320 e. The summed E-state index contributed by atoms with van der Waals surface area (Å²) in [5.41, 5.74) is 2.00. The number of thiophene rings is 1. The molecule has 0 aliphatic heterocycles. The summed E-state index contributed by atoms with van der Waals surface area (Å²) < 4.78 is 35.2. The van der Waals surface area contributed by atoms with E-state index in [9.17, 15) is 13.6 Å². The summed E-state index contributed by atoms with van der Waals surface area (Å²) in [6.07, 6.45) is 1.38. The van der Waals surface area contributed by atoms with E-state index in [0.717, 1.165) is 20.8 Å². The van der Waals surface area contributed by atoms with Gasteiger partial charge in [0.05, 0.1) is 36.5 Å². The molecule has 0 unspecified atom stereocenters. The average molecular weight is 438 g/mol. The molecule has 5 rings (SSSR count). The molecule has 156 valence electrons. The van der Waals surface area contributed by atoms with Crippen LogP contribution in [0.3, 0.4) is 0 Å². The Hall–Kier alpha value is -3.59. The normalized spacial score (nSPS) is 11.6. The Morgan fingerprint density at radius 2 is 1.87 bits per heavy atom. The SMILES string of the molecule is COc1ccc(-c2cc3ncn(Cc4nc5ccccc5n4C(F)F)c(=O)c3s2)cc1. The lowest BCUT2D eigenvalue weighted by atomic mass is 10.2. The lowest BCUT2D eigenvalue weighted by molar-refractivity contribution is 0.0711. The number of hydrogen-bond acceptors (Lipinski definition) is 5. The van der Waals surface area contributed by atoms with E-state index in [2.05, 4.69) is 9.97 Å². The van der Waals surface area contributed by atoms with E-state index in [0.29, 0.717) is 21.3 Å². The third-order valence-electron chi connectivity index (χ3n) is 5.05. The van der Waals surface area contributed by atoms with Crippen LogP contribution < -0.4 is 10.3 Å². The molecule has 5 aromatic rings. The monoisotopic (exact) mass is 438 g/mol.